The molecule has 0 radical (unpaired) electrons. The number of hydrogen-bond donors (Lipinski definition) is 2. The first-order valence-electron chi connectivity index (χ1n) is 10.7. The molecular formula is C23H34ClN3O5. The molecule has 0 aliphatic carbocycles. The summed E-state index contributed by atoms with van der Waals surface area (Å²) in [7, 11) is 0. The average Bonchev–Trinajstić information content (AvgIpc) is 3.14. The number of nitrogens with two attached hydrogens (primary N) is 1. The van der Waals surface area contributed by atoms with Gasteiger partial charge in [0.25, 0.3) is 0 Å². The van der Waals surface area contributed by atoms with Crippen molar-refractivity contribution in [2.75, 3.05) is 12.3 Å². The van der Waals surface area contributed by atoms with Crippen molar-refractivity contribution < 1.29 is 23.9 Å². The number of benzene rings is 1. The Labute approximate surface area is 194 Å². The van der Waals surface area contributed by atoms with Crippen LogP contribution in [0.15, 0.2) is 18.2 Å². The topological polar surface area (TPSA) is 111 Å². The van der Waals surface area contributed by atoms with Crippen LogP contribution in [0.25, 0.3) is 0 Å². The minimum absolute atomic E-state index is 0.0267. The van der Waals surface area contributed by atoms with Crippen molar-refractivity contribution in [3.8, 4) is 0 Å². The van der Waals surface area contributed by atoms with E-state index in [-0.39, 0.29) is 12.5 Å². The lowest BCUT2D eigenvalue weighted by atomic mass is 9.85. The van der Waals surface area contributed by atoms with Gasteiger partial charge in [0.2, 0.25) is 5.91 Å². The maximum absolute atomic E-state index is 13.4. The molecule has 178 valence electrons. The van der Waals surface area contributed by atoms with Gasteiger partial charge < -0.3 is 25.4 Å². The minimum atomic E-state index is -0.881. The fourth-order valence-corrected chi connectivity index (χ4v) is 3.63. The summed E-state index contributed by atoms with van der Waals surface area (Å²) in [5.74, 6) is -0.767. The predicted molar refractivity (Wildman–Crippen MR) is 123 cm³/mol. The third-order valence-electron chi connectivity index (χ3n) is 5.02. The second-order valence-electron chi connectivity index (χ2n) is 10.1. The number of carbonyl (C=O) groups excluding carboxylic acids is 3. The molecule has 0 bridgehead atoms. The molecule has 1 fully saturated rings. The van der Waals surface area contributed by atoms with Crippen LogP contribution in [0, 0.1) is 5.41 Å². The van der Waals surface area contributed by atoms with Gasteiger partial charge in [-0.1, -0.05) is 38.4 Å². The molecule has 0 aromatic heterocycles. The smallest absolute Gasteiger partial charge is 0.408 e. The van der Waals surface area contributed by atoms with Gasteiger partial charge in [-0.2, -0.15) is 0 Å². The summed E-state index contributed by atoms with van der Waals surface area (Å²) in [6, 6.07) is 3.40. The number of hydrogen-bond acceptors (Lipinski definition) is 6. The molecule has 1 aliphatic heterocycles. The number of alkyl carbamates (subject to hydrolysis) is 1. The summed E-state index contributed by atoms with van der Waals surface area (Å²) >= 11 is 6.00. The molecule has 1 aromatic carbocycles. The number of nitrogen functional groups attached to an aromatic ring is 1. The summed E-state index contributed by atoms with van der Waals surface area (Å²) in [4.78, 5) is 40.0. The zero-order valence-electron chi connectivity index (χ0n) is 19.7. The molecule has 1 aliphatic rings. The molecule has 1 aromatic rings. The fraction of sp³-hybridized carbons (Fsp3) is 0.609. The molecule has 2 atom stereocenters. The van der Waals surface area contributed by atoms with E-state index in [1.807, 2.05) is 20.8 Å². The molecule has 0 spiro atoms. The molecule has 2 amide bonds. The normalized spacial score (nSPS) is 17.6. The maximum atomic E-state index is 13.4. The molecule has 0 unspecified atom stereocenters. The SMILES string of the molecule is CC(C)(C)OC(=O)[C@@H]1CCCN1C(=O)[C@@H](NC(=O)OCc1ccc(N)c(Cl)c1)C(C)(C)C. The number of amides is 2. The number of halogens is 1. The highest BCUT2D eigenvalue weighted by Gasteiger charge is 2.43. The molecule has 0 saturated carbocycles. The van der Waals surface area contributed by atoms with Gasteiger partial charge in [-0.05, 0) is 56.7 Å². The summed E-state index contributed by atoms with van der Waals surface area (Å²) in [6.45, 7) is 11.3. The van der Waals surface area contributed by atoms with Gasteiger partial charge in [-0.3, -0.25) is 4.79 Å². The first kappa shape index (κ1) is 25.8. The molecule has 9 heteroatoms. The minimum Gasteiger partial charge on any atom is -0.458 e. The second-order valence-corrected chi connectivity index (χ2v) is 10.5. The summed E-state index contributed by atoms with van der Waals surface area (Å²) in [5, 5.41) is 3.05. The maximum Gasteiger partial charge on any atom is 0.408 e. The van der Waals surface area contributed by atoms with Crippen LogP contribution in [0.1, 0.15) is 59.9 Å². The quantitative estimate of drug-likeness (QED) is 0.502. The van der Waals surface area contributed by atoms with Crippen LogP contribution in [0.4, 0.5) is 10.5 Å². The Morgan fingerprint density at radius 3 is 2.44 bits per heavy atom. The van der Waals surface area contributed by atoms with Crippen molar-refractivity contribution in [3.05, 3.63) is 28.8 Å². The van der Waals surface area contributed by atoms with Crippen molar-refractivity contribution >= 4 is 35.3 Å². The fourth-order valence-electron chi connectivity index (χ4n) is 3.43. The highest BCUT2D eigenvalue weighted by atomic mass is 35.5. The highest BCUT2D eigenvalue weighted by molar-refractivity contribution is 6.33. The van der Waals surface area contributed by atoms with E-state index in [0.717, 1.165) is 0 Å². The summed E-state index contributed by atoms with van der Waals surface area (Å²) in [5.41, 5.74) is 5.54. The van der Waals surface area contributed by atoms with Crippen LogP contribution in [0.5, 0.6) is 0 Å². The lowest BCUT2D eigenvalue weighted by Crippen LogP contribution is -2.57. The van der Waals surface area contributed by atoms with Crippen molar-refractivity contribution in [3.63, 3.8) is 0 Å². The largest absolute Gasteiger partial charge is 0.458 e. The number of esters is 1. The highest BCUT2D eigenvalue weighted by Crippen LogP contribution is 2.27. The molecule has 8 nitrogen and oxygen atoms in total. The Balaban J connectivity index is 2.08. The van der Waals surface area contributed by atoms with Crippen LogP contribution in [-0.4, -0.2) is 47.1 Å². The lowest BCUT2D eigenvalue weighted by molar-refractivity contribution is -0.164. The molecule has 1 heterocycles. The Morgan fingerprint density at radius 2 is 1.88 bits per heavy atom. The molecular weight excluding hydrogens is 434 g/mol. The monoisotopic (exact) mass is 467 g/mol. The van der Waals surface area contributed by atoms with E-state index in [2.05, 4.69) is 5.32 Å². The summed E-state index contributed by atoms with van der Waals surface area (Å²) < 4.78 is 10.8. The van der Waals surface area contributed by atoms with E-state index < -0.39 is 35.2 Å². The number of ether oxygens (including phenoxy) is 2. The second kappa shape index (κ2) is 9.98. The average molecular weight is 468 g/mol. The Bertz CT molecular complexity index is 860. The van der Waals surface area contributed by atoms with E-state index in [1.54, 1.807) is 39.0 Å². The third-order valence-corrected chi connectivity index (χ3v) is 5.35. The van der Waals surface area contributed by atoms with Crippen molar-refractivity contribution in [1.82, 2.24) is 10.2 Å². The Hall–Kier alpha value is -2.48. The standard InChI is InChI=1S/C23H34ClN3O5/c1-22(2,3)18(26-21(30)31-13-14-9-10-16(25)15(24)12-14)19(28)27-11-7-8-17(27)20(29)32-23(4,5)6/h9-10,12,17-18H,7-8,11,13,25H2,1-6H3,(H,26,30)/t17-,18+/m0/s1. The summed E-state index contributed by atoms with van der Waals surface area (Å²) in [6.07, 6.45) is 0.480. The number of likely N-dealkylation sites (tertiary alicyclic amines) is 1. The van der Waals surface area contributed by atoms with Crippen LogP contribution >= 0.6 is 11.6 Å². The first-order chi connectivity index (χ1) is 14.7. The lowest BCUT2D eigenvalue weighted by Gasteiger charge is -2.35. The molecule has 32 heavy (non-hydrogen) atoms. The van der Waals surface area contributed by atoms with Gasteiger partial charge in [0.1, 0.15) is 24.3 Å². The van der Waals surface area contributed by atoms with Gasteiger partial charge in [0, 0.05) is 6.54 Å². The Morgan fingerprint density at radius 1 is 1.22 bits per heavy atom. The van der Waals surface area contributed by atoms with E-state index >= 15 is 0 Å². The van der Waals surface area contributed by atoms with Crippen LogP contribution < -0.4 is 11.1 Å². The van der Waals surface area contributed by atoms with Crippen LogP contribution in [0.3, 0.4) is 0 Å². The van der Waals surface area contributed by atoms with Gasteiger partial charge >= 0.3 is 12.1 Å². The van der Waals surface area contributed by atoms with Crippen molar-refractivity contribution in [1.29, 1.82) is 0 Å². The van der Waals surface area contributed by atoms with Crippen molar-refractivity contribution in [2.45, 2.75) is 78.7 Å². The number of carbonyl (C=O) groups is 3. The van der Waals surface area contributed by atoms with Gasteiger partial charge in [-0.15, -0.1) is 0 Å². The Kier molecular flexibility index (Phi) is 8.04. The zero-order chi connectivity index (χ0) is 24.3. The number of nitrogens with zero attached hydrogens (tertiary/aromatic N) is 1. The molecule has 3 N–H and O–H groups in total. The zero-order valence-corrected chi connectivity index (χ0v) is 20.4. The van der Waals surface area contributed by atoms with E-state index in [4.69, 9.17) is 26.8 Å². The number of anilines is 1. The first-order valence-corrected chi connectivity index (χ1v) is 11.1. The van der Waals surface area contributed by atoms with Gasteiger partial charge in [-0.25, -0.2) is 9.59 Å². The third kappa shape index (κ3) is 7.02. The van der Waals surface area contributed by atoms with Gasteiger partial charge in [0.05, 0.1) is 10.7 Å². The van der Waals surface area contributed by atoms with E-state index in [1.165, 1.54) is 4.90 Å². The molecule has 2 rings (SSSR count). The van der Waals surface area contributed by atoms with Crippen molar-refractivity contribution in [2.24, 2.45) is 5.41 Å². The predicted octanol–water partition coefficient (Wildman–Crippen LogP) is 3.90. The molecule has 1 saturated heterocycles. The number of nitrogens with one attached hydrogen (secondary N) is 1. The van der Waals surface area contributed by atoms with E-state index in [0.29, 0.717) is 35.7 Å². The van der Waals surface area contributed by atoms with Crippen LogP contribution in [0.2, 0.25) is 5.02 Å². The van der Waals surface area contributed by atoms with Crippen LogP contribution in [-0.2, 0) is 25.7 Å². The van der Waals surface area contributed by atoms with Gasteiger partial charge in [0.15, 0.2) is 0 Å². The number of rotatable bonds is 5. The van der Waals surface area contributed by atoms with E-state index in [9.17, 15) is 14.4 Å².